The number of thioether (sulfide) groups is 1. The molecule has 1 amide bonds. The number of benzene rings is 2. The van der Waals surface area contributed by atoms with Crippen LogP contribution in [-0.2, 0) is 17.8 Å². The molecule has 0 aliphatic heterocycles. The quantitative estimate of drug-likeness (QED) is 0.257. The van der Waals surface area contributed by atoms with E-state index in [1.165, 1.54) is 36.6 Å². The van der Waals surface area contributed by atoms with Gasteiger partial charge in [0.05, 0.1) is 30.4 Å². The van der Waals surface area contributed by atoms with E-state index in [9.17, 15) is 9.59 Å². The van der Waals surface area contributed by atoms with E-state index in [4.69, 9.17) is 14.5 Å². The highest BCUT2D eigenvalue weighted by Gasteiger charge is 2.25. The number of anilines is 1. The number of aryl methyl sites for hydroxylation is 1. The molecule has 3 aromatic rings. The number of nitrogens with zero attached hydrogens (tertiary/aromatic N) is 2. The van der Waals surface area contributed by atoms with Crippen LogP contribution in [0.25, 0.3) is 10.9 Å². The van der Waals surface area contributed by atoms with Crippen LogP contribution in [0, 0.1) is 5.92 Å². The Kier molecular flexibility index (Phi) is 9.14. The molecule has 7 nitrogen and oxygen atoms in total. The predicted octanol–water partition coefficient (Wildman–Crippen LogP) is 6.07. The van der Waals surface area contributed by atoms with Gasteiger partial charge in [0, 0.05) is 18.3 Å². The number of amides is 1. The molecule has 1 saturated carbocycles. The first-order valence-corrected chi connectivity index (χ1v) is 14.1. The van der Waals surface area contributed by atoms with Crippen LogP contribution in [0.15, 0.2) is 46.3 Å². The summed E-state index contributed by atoms with van der Waals surface area (Å²) in [4.78, 5) is 31.9. The minimum atomic E-state index is -0.395. The summed E-state index contributed by atoms with van der Waals surface area (Å²) in [6, 6.07) is 11.4. The van der Waals surface area contributed by atoms with Crippen LogP contribution >= 0.6 is 11.8 Å². The summed E-state index contributed by atoms with van der Waals surface area (Å²) >= 11 is 1.36. The molecule has 4 rings (SSSR count). The Hall–Kier alpha value is -3.00. The number of methoxy groups -OCH3 is 2. The van der Waals surface area contributed by atoms with Gasteiger partial charge < -0.3 is 14.8 Å². The Balaban J connectivity index is 1.69. The number of fused-ring (bicyclic) bond motifs is 1. The van der Waals surface area contributed by atoms with E-state index in [1.807, 2.05) is 31.2 Å². The van der Waals surface area contributed by atoms with Crippen molar-refractivity contribution in [1.82, 2.24) is 9.55 Å². The van der Waals surface area contributed by atoms with Gasteiger partial charge in [-0.25, -0.2) is 4.98 Å². The van der Waals surface area contributed by atoms with Crippen LogP contribution in [0.2, 0.25) is 0 Å². The van der Waals surface area contributed by atoms with Crippen LogP contribution < -0.4 is 20.3 Å². The van der Waals surface area contributed by atoms with Gasteiger partial charge in [-0.05, 0) is 55.4 Å². The summed E-state index contributed by atoms with van der Waals surface area (Å²) < 4.78 is 12.7. The zero-order valence-electron chi connectivity index (χ0n) is 22.2. The van der Waals surface area contributed by atoms with Crippen molar-refractivity contribution >= 4 is 34.3 Å². The highest BCUT2D eigenvalue weighted by molar-refractivity contribution is 8.00. The maximum atomic E-state index is 13.8. The fourth-order valence-electron chi connectivity index (χ4n) is 4.90. The number of nitrogens with one attached hydrogen (secondary N) is 1. The molecule has 0 radical (unpaired) electrons. The summed E-state index contributed by atoms with van der Waals surface area (Å²) in [5.41, 5.74) is 2.42. The molecule has 1 unspecified atom stereocenters. The van der Waals surface area contributed by atoms with E-state index in [2.05, 4.69) is 12.2 Å². The molecular formula is C29H37N3O4S. The van der Waals surface area contributed by atoms with Crippen molar-refractivity contribution in [2.45, 2.75) is 75.7 Å². The molecule has 1 heterocycles. The zero-order chi connectivity index (χ0) is 26.4. The first-order valence-electron chi connectivity index (χ1n) is 13.2. The second kappa shape index (κ2) is 12.5. The first-order chi connectivity index (χ1) is 18.0. The zero-order valence-corrected chi connectivity index (χ0v) is 23.0. The monoisotopic (exact) mass is 523 g/mol. The second-order valence-corrected chi connectivity index (χ2v) is 10.8. The number of aromatic nitrogens is 2. The minimum Gasteiger partial charge on any atom is -0.493 e. The maximum Gasteiger partial charge on any atom is 0.262 e. The Morgan fingerprint density at radius 1 is 1.08 bits per heavy atom. The van der Waals surface area contributed by atoms with Crippen LogP contribution in [0.5, 0.6) is 11.5 Å². The summed E-state index contributed by atoms with van der Waals surface area (Å²) in [6.07, 6.45) is 7.38. The van der Waals surface area contributed by atoms with Gasteiger partial charge in [0.1, 0.15) is 0 Å². The predicted molar refractivity (Wildman–Crippen MR) is 150 cm³/mol. The van der Waals surface area contributed by atoms with Gasteiger partial charge in [-0.3, -0.25) is 14.2 Å². The average molecular weight is 524 g/mol. The highest BCUT2D eigenvalue weighted by Crippen LogP contribution is 2.33. The second-order valence-electron chi connectivity index (χ2n) is 9.59. The standard InChI is InChI=1S/C29H37N3O4S/c1-5-19-12-14-21(15-13-19)30-27(33)26(6-2)37-29-31-23-17-25(36-4)24(35-3)16-22(23)28(34)32(29)18-20-10-8-7-9-11-20/h12-17,20,26H,5-11,18H2,1-4H3,(H,30,33). The molecule has 1 N–H and O–H groups in total. The van der Waals surface area contributed by atoms with Gasteiger partial charge in [0.25, 0.3) is 5.56 Å². The molecule has 0 bridgehead atoms. The lowest BCUT2D eigenvalue weighted by Gasteiger charge is -2.24. The van der Waals surface area contributed by atoms with E-state index in [1.54, 1.807) is 30.9 Å². The fraction of sp³-hybridized carbons (Fsp3) is 0.483. The van der Waals surface area contributed by atoms with E-state index in [0.29, 0.717) is 46.4 Å². The molecule has 1 atom stereocenters. The van der Waals surface area contributed by atoms with Gasteiger partial charge >= 0.3 is 0 Å². The number of hydrogen-bond donors (Lipinski definition) is 1. The molecule has 1 aliphatic carbocycles. The van der Waals surface area contributed by atoms with Crippen LogP contribution in [0.1, 0.15) is 57.9 Å². The molecule has 1 aromatic heterocycles. The van der Waals surface area contributed by atoms with Gasteiger partial charge in [0.2, 0.25) is 5.91 Å². The molecule has 0 spiro atoms. The lowest BCUT2D eigenvalue weighted by Crippen LogP contribution is -2.30. The van der Waals surface area contributed by atoms with E-state index in [-0.39, 0.29) is 11.5 Å². The molecule has 2 aromatic carbocycles. The van der Waals surface area contributed by atoms with E-state index >= 15 is 0 Å². The molecule has 0 saturated heterocycles. The number of carbonyl (C=O) groups excluding carboxylic acids is 1. The van der Waals surface area contributed by atoms with Crippen molar-refractivity contribution in [1.29, 1.82) is 0 Å². The Bertz CT molecular complexity index is 1280. The highest BCUT2D eigenvalue weighted by atomic mass is 32.2. The Morgan fingerprint density at radius 2 is 1.76 bits per heavy atom. The summed E-state index contributed by atoms with van der Waals surface area (Å²) in [6.45, 7) is 4.69. The largest absolute Gasteiger partial charge is 0.493 e. The average Bonchev–Trinajstić information content (AvgIpc) is 2.93. The lowest BCUT2D eigenvalue weighted by atomic mass is 9.89. The third kappa shape index (κ3) is 6.29. The van der Waals surface area contributed by atoms with Crippen molar-refractivity contribution in [2.75, 3.05) is 19.5 Å². The first kappa shape index (κ1) is 27.0. The molecule has 1 aliphatic rings. The van der Waals surface area contributed by atoms with Gasteiger partial charge in [-0.2, -0.15) is 0 Å². The molecule has 37 heavy (non-hydrogen) atoms. The Morgan fingerprint density at radius 3 is 2.38 bits per heavy atom. The summed E-state index contributed by atoms with van der Waals surface area (Å²) in [5, 5.41) is 3.70. The van der Waals surface area contributed by atoms with Crippen LogP contribution in [0.3, 0.4) is 0 Å². The molecule has 8 heteroatoms. The number of carbonyl (C=O) groups is 1. The normalized spacial score (nSPS) is 14.9. The maximum absolute atomic E-state index is 13.8. The number of rotatable bonds is 10. The Labute approximate surface area is 223 Å². The smallest absolute Gasteiger partial charge is 0.262 e. The third-order valence-corrected chi connectivity index (χ3v) is 8.48. The molecular weight excluding hydrogens is 486 g/mol. The van der Waals surface area contributed by atoms with Crippen molar-refractivity contribution in [3.05, 3.63) is 52.3 Å². The van der Waals surface area contributed by atoms with E-state index in [0.717, 1.165) is 24.9 Å². The van der Waals surface area contributed by atoms with Crippen molar-refractivity contribution < 1.29 is 14.3 Å². The van der Waals surface area contributed by atoms with E-state index < -0.39 is 5.25 Å². The van der Waals surface area contributed by atoms with Gasteiger partial charge in [-0.15, -0.1) is 0 Å². The fourth-order valence-corrected chi connectivity index (χ4v) is 5.93. The molecule has 1 fully saturated rings. The minimum absolute atomic E-state index is 0.0948. The van der Waals surface area contributed by atoms with Crippen molar-refractivity contribution in [2.24, 2.45) is 5.92 Å². The van der Waals surface area contributed by atoms with Crippen LogP contribution in [0.4, 0.5) is 5.69 Å². The van der Waals surface area contributed by atoms with Crippen LogP contribution in [-0.4, -0.2) is 34.9 Å². The van der Waals surface area contributed by atoms with Gasteiger partial charge in [-0.1, -0.05) is 57.0 Å². The summed E-state index contributed by atoms with van der Waals surface area (Å²) in [7, 11) is 3.12. The number of hydrogen-bond acceptors (Lipinski definition) is 6. The SMILES string of the molecule is CCc1ccc(NC(=O)C(CC)Sc2nc3cc(OC)c(OC)cc3c(=O)n2CC2CCCCC2)cc1. The number of ether oxygens (including phenoxy) is 2. The summed E-state index contributed by atoms with van der Waals surface area (Å²) in [5.74, 6) is 1.35. The molecule has 198 valence electrons. The third-order valence-electron chi connectivity index (χ3n) is 7.13. The van der Waals surface area contributed by atoms with Crippen molar-refractivity contribution in [3.8, 4) is 11.5 Å². The topological polar surface area (TPSA) is 82.5 Å². The lowest BCUT2D eigenvalue weighted by molar-refractivity contribution is -0.115. The van der Waals surface area contributed by atoms with Crippen molar-refractivity contribution in [3.63, 3.8) is 0 Å². The van der Waals surface area contributed by atoms with Gasteiger partial charge in [0.15, 0.2) is 16.7 Å².